The quantitative estimate of drug-likeness (QED) is 0.841. The highest BCUT2D eigenvalue weighted by molar-refractivity contribution is 5.70. The van der Waals surface area contributed by atoms with E-state index in [1.165, 1.54) is 49.8 Å². The summed E-state index contributed by atoms with van der Waals surface area (Å²) < 4.78 is 10.5. The van der Waals surface area contributed by atoms with Crippen molar-refractivity contribution in [2.45, 2.75) is 50.0 Å². The van der Waals surface area contributed by atoms with E-state index in [1.54, 1.807) is 7.11 Å². The van der Waals surface area contributed by atoms with Gasteiger partial charge in [0.15, 0.2) is 0 Å². The number of likely N-dealkylation sites (tertiary alicyclic amines) is 1. The zero-order valence-corrected chi connectivity index (χ0v) is 15.9. The van der Waals surface area contributed by atoms with Gasteiger partial charge in [-0.25, -0.2) is 4.79 Å². The van der Waals surface area contributed by atoms with Gasteiger partial charge in [-0.2, -0.15) is 0 Å². The minimum Gasteiger partial charge on any atom is -0.410 e. The van der Waals surface area contributed by atoms with Gasteiger partial charge in [-0.3, -0.25) is 0 Å². The van der Waals surface area contributed by atoms with Crippen LogP contribution in [0.3, 0.4) is 0 Å². The molecule has 2 bridgehead atoms. The number of hydrogen-bond donors (Lipinski definition) is 1. The number of hydrogen-bond acceptors (Lipinski definition) is 4. The largest absolute Gasteiger partial charge is 0.412 e. The monoisotopic (exact) mass is 358 g/mol. The molecule has 2 fully saturated rings. The lowest BCUT2D eigenvalue weighted by Gasteiger charge is -2.58. The van der Waals surface area contributed by atoms with E-state index in [0.29, 0.717) is 24.9 Å². The molecular weight excluding hydrogens is 328 g/mol. The molecule has 142 valence electrons. The fourth-order valence-electron chi connectivity index (χ4n) is 5.64. The molecule has 26 heavy (non-hydrogen) atoms. The minimum atomic E-state index is -0.406. The molecule has 0 spiro atoms. The highest BCUT2D eigenvalue weighted by Gasteiger charge is 2.53. The van der Waals surface area contributed by atoms with Gasteiger partial charge in [0.05, 0.1) is 6.61 Å². The van der Waals surface area contributed by atoms with Crippen molar-refractivity contribution >= 4 is 6.09 Å². The number of methoxy groups -OCH3 is 1. The molecule has 1 amide bonds. The van der Waals surface area contributed by atoms with Crippen LogP contribution in [-0.2, 0) is 16.6 Å². The fraction of sp³-hybridized carbons (Fsp3) is 0.667. The van der Waals surface area contributed by atoms with Gasteiger partial charge in [0, 0.05) is 25.1 Å². The lowest BCUT2D eigenvalue weighted by atomic mass is 9.52. The smallest absolute Gasteiger partial charge is 0.410 e. The van der Waals surface area contributed by atoms with Crippen molar-refractivity contribution in [1.82, 2.24) is 10.2 Å². The SMILES string of the molecule is COCCNC(=O)Oc1ccc2c(c1)[C@@]13CCCCC1[C@@H](C2)N(C)CC3. The van der Waals surface area contributed by atoms with Crippen molar-refractivity contribution in [3.63, 3.8) is 0 Å². The second-order valence-corrected chi connectivity index (χ2v) is 8.14. The lowest BCUT2D eigenvalue weighted by molar-refractivity contribution is 0.00275. The second kappa shape index (κ2) is 7.20. The molecular formula is C21H30N2O3. The lowest BCUT2D eigenvalue weighted by Crippen LogP contribution is -2.59. The molecule has 5 heteroatoms. The zero-order chi connectivity index (χ0) is 18.1. The average Bonchev–Trinajstić information content (AvgIpc) is 2.65. The van der Waals surface area contributed by atoms with E-state index < -0.39 is 6.09 Å². The Morgan fingerprint density at radius 1 is 1.35 bits per heavy atom. The van der Waals surface area contributed by atoms with Gasteiger partial charge < -0.3 is 19.7 Å². The molecule has 1 heterocycles. The van der Waals surface area contributed by atoms with E-state index in [1.807, 2.05) is 6.07 Å². The van der Waals surface area contributed by atoms with E-state index in [2.05, 4.69) is 29.4 Å². The fourth-order valence-corrected chi connectivity index (χ4v) is 5.64. The van der Waals surface area contributed by atoms with E-state index in [4.69, 9.17) is 9.47 Å². The Bertz CT molecular complexity index is 677. The summed E-state index contributed by atoms with van der Waals surface area (Å²) in [5, 5.41) is 2.72. The Balaban J connectivity index is 1.60. The number of fused-ring (bicyclic) bond motifs is 1. The predicted molar refractivity (Wildman–Crippen MR) is 101 cm³/mol. The van der Waals surface area contributed by atoms with Crippen LogP contribution in [0.5, 0.6) is 5.75 Å². The van der Waals surface area contributed by atoms with Crippen LogP contribution in [0, 0.1) is 5.92 Å². The first-order valence-corrected chi connectivity index (χ1v) is 9.92. The number of ether oxygens (including phenoxy) is 2. The van der Waals surface area contributed by atoms with Crippen molar-refractivity contribution in [3.05, 3.63) is 29.3 Å². The van der Waals surface area contributed by atoms with Gasteiger partial charge in [-0.1, -0.05) is 18.9 Å². The van der Waals surface area contributed by atoms with Gasteiger partial charge in [0.2, 0.25) is 0 Å². The van der Waals surface area contributed by atoms with Gasteiger partial charge in [-0.05, 0) is 68.5 Å². The molecule has 0 radical (unpaired) electrons. The third-order valence-electron chi connectivity index (χ3n) is 6.87. The van der Waals surface area contributed by atoms with Crippen molar-refractivity contribution in [1.29, 1.82) is 0 Å². The standard InChI is InChI=1S/C21H30N2O3/c1-23-11-9-21-8-4-3-5-17(21)19(23)13-15-6-7-16(14-18(15)21)26-20(24)22-10-12-25-2/h6-7,14,17,19H,3-5,8-13H2,1-2H3,(H,22,24)/t17?,19-,21-/m1/s1. The van der Waals surface area contributed by atoms with E-state index >= 15 is 0 Å². The Morgan fingerprint density at radius 3 is 3.08 bits per heavy atom. The number of carbonyl (C=O) groups excluding carboxylic acids is 1. The number of nitrogens with zero attached hydrogens (tertiary/aromatic N) is 1. The molecule has 1 aromatic carbocycles. The first-order chi connectivity index (χ1) is 12.6. The highest BCUT2D eigenvalue weighted by atomic mass is 16.6. The molecule has 1 saturated carbocycles. The van der Waals surface area contributed by atoms with Crippen molar-refractivity contribution in [3.8, 4) is 5.75 Å². The third-order valence-corrected chi connectivity index (χ3v) is 6.87. The van der Waals surface area contributed by atoms with Crippen molar-refractivity contribution in [2.24, 2.45) is 5.92 Å². The summed E-state index contributed by atoms with van der Waals surface area (Å²) in [6.45, 7) is 2.11. The van der Waals surface area contributed by atoms with Crippen LogP contribution in [-0.4, -0.2) is 50.9 Å². The molecule has 2 aliphatic carbocycles. The summed E-state index contributed by atoms with van der Waals surface area (Å²) in [4.78, 5) is 14.6. The van der Waals surface area contributed by atoms with Crippen LogP contribution >= 0.6 is 0 Å². The molecule has 3 atom stereocenters. The highest BCUT2D eigenvalue weighted by Crippen LogP contribution is 2.55. The number of piperidine rings is 1. The topological polar surface area (TPSA) is 50.8 Å². The Hall–Kier alpha value is -1.59. The maximum Gasteiger partial charge on any atom is 0.412 e. The Morgan fingerprint density at radius 2 is 2.23 bits per heavy atom. The number of likely N-dealkylation sites (N-methyl/N-ethyl adjacent to an activating group) is 1. The average molecular weight is 358 g/mol. The summed E-state index contributed by atoms with van der Waals surface area (Å²) in [6, 6.07) is 6.96. The van der Waals surface area contributed by atoms with E-state index in [9.17, 15) is 4.79 Å². The molecule has 4 rings (SSSR count). The predicted octanol–water partition coefficient (Wildman–Crippen LogP) is 3.11. The molecule has 0 aromatic heterocycles. The molecule has 1 saturated heterocycles. The summed E-state index contributed by atoms with van der Waals surface area (Å²) in [6.07, 6.45) is 7.21. The molecule has 1 aliphatic heterocycles. The summed E-state index contributed by atoms with van der Waals surface area (Å²) >= 11 is 0. The van der Waals surface area contributed by atoms with Gasteiger partial charge in [-0.15, -0.1) is 0 Å². The van der Waals surface area contributed by atoms with Gasteiger partial charge in [0.25, 0.3) is 0 Å². The van der Waals surface area contributed by atoms with E-state index in [-0.39, 0.29) is 5.41 Å². The van der Waals surface area contributed by atoms with Gasteiger partial charge in [0.1, 0.15) is 5.75 Å². The second-order valence-electron chi connectivity index (χ2n) is 8.14. The van der Waals surface area contributed by atoms with Gasteiger partial charge >= 0.3 is 6.09 Å². The first-order valence-electron chi connectivity index (χ1n) is 9.92. The van der Waals surface area contributed by atoms with Crippen LogP contribution in [0.2, 0.25) is 0 Å². The summed E-state index contributed by atoms with van der Waals surface area (Å²) in [7, 11) is 3.90. The Kier molecular flexibility index (Phi) is 4.93. The molecule has 3 aliphatic rings. The molecule has 5 nitrogen and oxygen atoms in total. The number of amides is 1. The minimum absolute atomic E-state index is 0.287. The van der Waals surface area contributed by atoms with Crippen molar-refractivity contribution in [2.75, 3.05) is 33.9 Å². The first kappa shape index (κ1) is 17.8. The van der Waals surface area contributed by atoms with E-state index in [0.717, 1.165) is 12.3 Å². The van der Waals surface area contributed by atoms with Crippen LogP contribution in [0.25, 0.3) is 0 Å². The van der Waals surface area contributed by atoms with Crippen LogP contribution in [0.1, 0.15) is 43.2 Å². The number of carbonyl (C=O) groups is 1. The maximum atomic E-state index is 12.0. The van der Waals surface area contributed by atoms with Crippen LogP contribution < -0.4 is 10.1 Å². The Labute approximate surface area is 156 Å². The van der Waals surface area contributed by atoms with Crippen LogP contribution in [0.4, 0.5) is 4.79 Å². The number of nitrogens with one attached hydrogen (secondary N) is 1. The molecule has 1 N–H and O–H groups in total. The molecule has 1 unspecified atom stereocenters. The molecule has 1 aromatic rings. The maximum absolute atomic E-state index is 12.0. The zero-order valence-electron chi connectivity index (χ0n) is 15.9. The summed E-state index contributed by atoms with van der Waals surface area (Å²) in [5.74, 6) is 1.41. The number of rotatable bonds is 4. The van der Waals surface area contributed by atoms with Crippen molar-refractivity contribution < 1.29 is 14.3 Å². The summed E-state index contributed by atoms with van der Waals surface area (Å²) in [5.41, 5.74) is 3.19. The normalized spacial score (nSPS) is 30.2. The van der Waals surface area contributed by atoms with Crippen LogP contribution in [0.15, 0.2) is 18.2 Å². The third kappa shape index (κ3) is 3.01. The number of benzene rings is 1.